The third-order valence-corrected chi connectivity index (χ3v) is 4.53. The first-order chi connectivity index (χ1) is 11.3. The van der Waals surface area contributed by atoms with Gasteiger partial charge >= 0.3 is 0 Å². The molecule has 0 aromatic carbocycles. The van der Waals surface area contributed by atoms with Gasteiger partial charge in [-0.3, -0.25) is 14.3 Å². The lowest BCUT2D eigenvalue weighted by atomic mass is 9.75. The molecule has 0 bridgehead atoms. The van der Waals surface area contributed by atoms with Crippen LogP contribution in [0.2, 0.25) is 0 Å². The van der Waals surface area contributed by atoms with Crippen molar-refractivity contribution in [2.75, 3.05) is 0 Å². The average Bonchev–Trinajstić information content (AvgIpc) is 3.05. The number of aromatic amines is 1. The molecule has 0 saturated heterocycles. The van der Waals surface area contributed by atoms with Gasteiger partial charge in [-0.25, -0.2) is 0 Å². The molecule has 3 rings (SSSR count). The topological polar surface area (TPSA) is 79.8 Å². The molecule has 24 heavy (non-hydrogen) atoms. The number of aromatic nitrogens is 3. The molecule has 0 saturated carbocycles. The predicted octanol–water partition coefficient (Wildman–Crippen LogP) is 2.49. The summed E-state index contributed by atoms with van der Waals surface area (Å²) in [4.78, 5) is 28.2. The molecular formula is C18H24N4O2. The summed E-state index contributed by atoms with van der Waals surface area (Å²) in [5.74, 6) is -0.0502. The summed E-state index contributed by atoms with van der Waals surface area (Å²) in [5.41, 5.74) is 2.79. The molecule has 1 aliphatic carbocycles. The van der Waals surface area contributed by atoms with Crippen molar-refractivity contribution in [2.45, 2.75) is 53.1 Å². The molecular weight excluding hydrogens is 304 g/mol. The molecule has 128 valence electrons. The Labute approximate surface area is 141 Å². The van der Waals surface area contributed by atoms with E-state index >= 15 is 0 Å². The number of nitrogens with one attached hydrogen (secondary N) is 2. The van der Waals surface area contributed by atoms with Gasteiger partial charge in [-0.1, -0.05) is 13.8 Å². The van der Waals surface area contributed by atoms with Crippen LogP contribution in [0.1, 0.15) is 59.3 Å². The molecule has 6 heteroatoms. The molecule has 0 fully saturated rings. The number of carbonyl (C=O) groups is 2. The van der Waals surface area contributed by atoms with E-state index in [4.69, 9.17) is 0 Å². The van der Waals surface area contributed by atoms with E-state index in [1.807, 2.05) is 26.1 Å². The van der Waals surface area contributed by atoms with Gasteiger partial charge in [0.2, 0.25) is 0 Å². The van der Waals surface area contributed by atoms with E-state index in [-0.39, 0.29) is 23.1 Å². The van der Waals surface area contributed by atoms with Crippen molar-refractivity contribution in [1.82, 2.24) is 20.1 Å². The fourth-order valence-corrected chi connectivity index (χ4v) is 3.49. The fourth-order valence-electron chi connectivity index (χ4n) is 3.49. The maximum atomic E-state index is 12.6. The molecule has 2 heterocycles. The van der Waals surface area contributed by atoms with E-state index in [1.165, 1.54) is 0 Å². The Hall–Kier alpha value is -2.37. The smallest absolute Gasteiger partial charge is 0.268 e. The molecule has 0 spiro atoms. The highest BCUT2D eigenvalue weighted by Crippen LogP contribution is 2.36. The molecule has 1 amide bonds. The number of hydrogen-bond donors (Lipinski definition) is 2. The first kappa shape index (κ1) is 16.5. The minimum Gasteiger partial charge on any atom is -0.354 e. The maximum absolute atomic E-state index is 12.6. The zero-order chi connectivity index (χ0) is 17.5. The van der Waals surface area contributed by atoms with E-state index < -0.39 is 0 Å². The number of hydrogen-bond acceptors (Lipinski definition) is 3. The van der Waals surface area contributed by atoms with Gasteiger partial charge in [0.15, 0.2) is 5.78 Å². The molecule has 0 aliphatic heterocycles. The van der Waals surface area contributed by atoms with Crippen LogP contribution in [0.4, 0.5) is 0 Å². The van der Waals surface area contributed by atoms with Gasteiger partial charge in [0.25, 0.3) is 5.91 Å². The summed E-state index contributed by atoms with van der Waals surface area (Å²) in [7, 11) is 0. The molecule has 0 radical (unpaired) electrons. The van der Waals surface area contributed by atoms with Crippen LogP contribution in [-0.4, -0.2) is 32.5 Å². The van der Waals surface area contributed by atoms with Gasteiger partial charge in [0.1, 0.15) is 5.69 Å². The second kappa shape index (κ2) is 5.92. The van der Waals surface area contributed by atoms with Crippen molar-refractivity contribution in [3.8, 4) is 0 Å². The maximum Gasteiger partial charge on any atom is 0.268 e. The Kier molecular flexibility index (Phi) is 4.07. The monoisotopic (exact) mass is 328 g/mol. The highest BCUT2D eigenvalue weighted by atomic mass is 16.2. The van der Waals surface area contributed by atoms with E-state index in [2.05, 4.69) is 29.2 Å². The molecule has 1 aliphatic rings. The third kappa shape index (κ3) is 3.13. The molecule has 0 unspecified atom stereocenters. The second-order valence-electron chi connectivity index (χ2n) is 7.52. The normalized spacial score (nSPS) is 17.4. The number of ketones is 1. The van der Waals surface area contributed by atoms with Crippen LogP contribution in [0.15, 0.2) is 18.5 Å². The zero-order valence-electron chi connectivity index (χ0n) is 14.6. The van der Waals surface area contributed by atoms with Crippen molar-refractivity contribution < 1.29 is 9.59 Å². The van der Waals surface area contributed by atoms with Crippen LogP contribution in [0.25, 0.3) is 0 Å². The summed E-state index contributed by atoms with van der Waals surface area (Å²) in [6.07, 6.45) is 4.88. The number of carbonyl (C=O) groups excluding carboxylic acids is 2. The first-order valence-electron chi connectivity index (χ1n) is 8.30. The number of amides is 1. The van der Waals surface area contributed by atoms with Gasteiger partial charge in [-0.05, 0) is 37.3 Å². The zero-order valence-corrected chi connectivity index (χ0v) is 14.6. The van der Waals surface area contributed by atoms with Gasteiger partial charge < -0.3 is 10.3 Å². The van der Waals surface area contributed by atoms with Crippen LogP contribution in [-0.2, 0) is 13.0 Å². The van der Waals surface area contributed by atoms with E-state index in [9.17, 15) is 9.59 Å². The predicted molar refractivity (Wildman–Crippen MR) is 91.1 cm³/mol. The minimum atomic E-state index is -0.174. The lowest BCUT2D eigenvalue weighted by Crippen LogP contribution is -2.36. The lowest BCUT2D eigenvalue weighted by Gasteiger charge is -2.28. The van der Waals surface area contributed by atoms with Gasteiger partial charge in [-0.15, -0.1) is 0 Å². The average molecular weight is 328 g/mol. The number of Topliss-reactive ketones (excluding diaryl/α,β-unsaturated/α-hetero) is 1. The van der Waals surface area contributed by atoms with Gasteiger partial charge in [0, 0.05) is 36.1 Å². The summed E-state index contributed by atoms with van der Waals surface area (Å²) in [6, 6.07) is 1.79. The van der Waals surface area contributed by atoms with Crippen LogP contribution < -0.4 is 5.32 Å². The van der Waals surface area contributed by atoms with Crippen molar-refractivity contribution in [1.29, 1.82) is 0 Å². The Balaban J connectivity index is 1.78. The fraction of sp³-hybridized carbons (Fsp3) is 0.500. The number of rotatable bonds is 4. The van der Waals surface area contributed by atoms with Crippen LogP contribution in [0, 0.1) is 12.3 Å². The molecule has 2 aromatic rings. The number of H-pyrrole nitrogens is 1. The highest BCUT2D eigenvalue weighted by Gasteiger charge is 2.35. The van der Waals surface area contributed by atoms with Gasteiger partial charge in [-0.2, -0.15) is 5.10 Å². The quantitative estimate of drug-likeness (QED) is 0.905. The Bertz CT molecular complexity index is 771. The molecule has 2 N–H and O–H groups in total. The Morgan fingerprint density at radius 1 is 1.46 bits per heavy atom. The lowest BCUT2D eigenvalue weighted by molar-refractivity contribution is 0.0908. The standard InChI is InChI=1S/C18H24N4O2/c1-11(10-22-7-5-6-19-22)20-17(24)16-12(2)15-13(21-16)8-18(3,4)9-14(15)23/h5-7,11,21H,8-10H2,1-4H3,(H,20,24)/t11-/m0/s1. The number of fused-ring (bicyclic) bond motifs is 1. The largest absolute Gasteiger partial charge is 0.354 e. The first-order valence-corrected chi connectivity index (χ1v) is 8.30. The van der Waals surface area contributed by atoms with Crippen molar-refractivity contribution in [3.63, 3.8) is 0 Å². The van der Waals surface area contributed by atoms with Crippen molar-refractivity contribution >= 4 is 11.7 Å². The Morgan fingerprint density at radius 3 is 2.88 bits per heavy atom. The van der Waals surface area contributed by atoms with Crippen molar-refractivity contribution in [3.05, 3.63) is 41.0 Å². The van der Waals surface area contributed by atoms with E-state index in [0.717, 1.165) is 17.7 Å². The minimum absolute atomic E-state index is 0.0655. The SMILES string of the molecule is Cc1c(C(=O)N[C@@H](C)Cn2cccn2)[nH]c2c1C(=O)CC(C)(C)C2. The van der Waals surface area contributed by atoms with Crippen LogP contribution in [0.5, 0.6) is 0 Å². The van der Waals surface area contributed by atoms with E-state index in [0.29, 0.717) is 24.2 Å². The Morgan fingerprint density at radius 2 is 2.21 bits per heavy atom. The molecule has 2 aromatic heterocycles. The van der Waals surface area contributed by atoms with Gasteiger partial charge in [0.05, 0.1) is 6.54 Å². The second-order valence-corrected chi connectivity index (χ2v) is 7.52. The number of nitrogens with zero attached hydrogens (tertiary/aromatic N) is 2. The summed E-state index contributed by atoms with van der Waals surface area (Å²) in [6.45, 7) is 8.54. The van der Waals surface area contributed by atoms with E-state index in [1.54, 1.807) is 10.9 Å². The summed E-state index contributed by atoms with van der Waals surface area (Å²) in [5, 5.41) is 7.12. The highest BCUT2D eigenvalue weighted by molar-refractivity contribution is 6.04. The van der Waals surface area contributed by atoms with Crippen molar-refractivity contribution in [2.24, 2.45) is 5.41 Å². The summed E-state index contributed by atoms with van der Waals surface area (Å²) >= 11 is 0. The molecule has 6 nitrogen and oxygen atoms in total. The third-order valence-electron chi connectivity index (χ3n) is 4.53. The summed E-state index contributed by atoms with van der Waals surface area (Å²) < 4.78 is 1.78. The van der Waals surface area contributed by atoms with Crippen LogP contribution >= 0.6 is 0 Å². The molecule has 1 atom stereocenters. The van der Waals surface area contributed by atoms with Crippen LogP contribution in [0.3, 0.4) is 0 Å².